The van der Waals surface area contributed by atoms with Crippen molar-refractivity contribution >= 4 is 23.4 Å². The molecule has 2 aromatic rings. The van der Waals surface area contributed by atoms with Crippen LogP contribution in [0.2, 0.25) is 5.15 Å². The molecular weight excluding hydrogens is 278 g/mol. The lowest BCUT2D eigenvalue weighted by Gasteiger charge is -2.07. The molecule has 0 radical (unpaired) electrons. The number of hydrogen-bond donors (Lipinski definition) is 2. The lowest BCUT2D eigenvalue weighted by Crippen LogP contribution is -2.41. The molecule has 0 aliphatic carbocycles. The molecule has 0 fully saturated rings. The van der Waals surface area contributed by atoms with E-state index in [4.69, 9.17) is 11.6 Å². The Kier molecular flexibility index (Phi) is 4.32. The van der Waals surface area contributed by atoms with Crippen molar-refractivity contribution in [3.05, 3.63) is 64.4 Å². The Balaban J connectivity index is 1.94. The molecule has 0 saturated heterocycles. The summed E-state index contributed by atoms with van der Waals surface area (Å²) in [6.07, 6.45) is 1.33. The Hall–Kier alpha value is -2.40. The van der Waals surface area contributed by atoms with Gasteiger partial charge in [0.2, 0.25) is 0 Å². The van der Waals surface area contributed by atoms with Crippen LogP contribution in [0.5, 0.6) is 0 Å². The van der Waals surface area contributed by atoms with Gasteiger partial charge >= 0.3 is 0 Å². The van der Waals surface area contributed by atoms with Crippen LogP contribution in [0.3, 0.4) is 0 Å². The van der Waals surface area contributed by atoms with Gasteiger partial charge in [-0.25, -0.2) is 4.98 Å². The number of aryl methyl sites for hydroxylation is 1. The second kappa shape index (κ2) is 6.16. The number of carbonyl (C=O) groups excluding carboxylic acids is 2. The lowest BCUT2D eigenvalue weighted by atomic mass is 10.1. The van der Waals surface area contributed by atoms with Gasteiger partial charge in [0.25, 0.3) is 11.8 Å². The molecule has 6 heteroatoms. The maximum absolute atomic E-state index is 11.8. The van der Waals surface area contributed by atoms with Crippen molar-refractivity contribution < 1.29 is 9.59 Å². The number of nitrogens with one attached hydrogen (secondary N) is 2. The molecule has 102 valence electrons. The minimum Gasteiger partial charge on any atom is -0.267 e. The topological polar surface area (TPSA) is 71.1 Å². The molecule has 0 bridgehead atoms. The molecule has 1 heterocycles. The summed E-state index contributed by atoms with van der Waals surface area (Å²) in [5.74, 6) is -0.852. The van der Waals surface area contributed by atoms with Crippen LogP contribution in [-0.2, 0) is 0 Å². The summed E-state index contributed by atoms with van der Waals surface area (Å²) in [5.41, 5.74) is 6.46. The highest BCUT2D eigenvalue weighted by Gasteiger charge is 2.09. The van der Waals surface area contributed by atoms with Crippen molar-refractivity contribution in [1.29, 1.82) is 0 Å². The fraction of sp³-hybridized carbons (Fsp3) is 0.0714. The smallest absolute Gasteiger partial charge is 0.267 e. The highest BCUT2D eigenvalue weighted by Crippen LogP contribution is 2.05. The third-order valence-corrected chi connectivity index (χ3v) is 2.82. The normalized spacial score (nSPS) is 9.90. The average Bonchev–Trinajstić information content (AvgIpc) is 2.46. The number of nitrogens with zero attached hydrogens (tertiary/aromatic N) is 1. The van der Waals surface area contributed by atoms with Gasteiger partial charge in [0.05, 0.1) is 5.56 Å². The van der Waals surface area contributed by atoms with Crippen LogP contribution in [0.4, 0.5) is 0 Å². The Labute approximate surface area is 120 Å². The minimum atomic E-state index is -0.463. The van der Waals surface area contributed by atoms with Crippen molar-refractivity contribution in [3.63, 3.8) is 0 Å². The molecule has 2 amide bonds. The van der Waals surface area contributed by atoms with E-state index >= 15 is 0 Å². The van der Waals surface area contributed by atoms with Gasteiger partial charge in [0.1, 0.15) is 5.15 Å². The standard InChI is InChI=1S/C14H12ClN3O2/c1-9-2-4-10(5-3-9)13(19)17-18-14(20)11-6-7-12(15)16-8-11/h2-8H,1H3,(H,17,19)(H,18,20). The summed E-state index contributed by atoms with van der Waals surface area (Å²) in [4.78, 5) is 27.3. The number of benzene rings is 1. The van der Waals surface area contributed by atoms with E-state index in [-0.39, 0.29) is 5.91 Å². The number of carbonyl (C=O) groups is 2. The summed E-state index contributed by atoms with van der Waals surface area (Å²) in [6, 6.07) is 10.0. The second-order valence-corrected chi connectivity index (χ2v) is 4.53. The molecule has 0 saturated carbocycles. The van der Waals surface area contributed by atoms with Gasteiger partial charge in [0, 0.05) is 11.8 Å². The summed E-state index contributed by atoms with van der Waals surface area (Å²) in [5, 5.41) is 0.297. The van der Waals surface area contributed by atoms with Crippen molar-refractivity contribution in [1.82, 2.24) is 15.8 Å². The van der Waals surface area contributed by atoms with Crippen LogP contribution >= 0.6 is 11.6 Å². The van der Waals surface area contributed by atoms with Gasteiger partial charge < -0.3 is 0 Å². The summed E-state index contributed by atoms with van der Waals surface area (Å²) in [7, 11) is 0. The number of rotatable bonds is 2. The van der Waals surface area contributed by atoms with Gasteiger partial charge in [-0.05, 0) is 31.2 Å². The largest absolute Gasteiger partial charge is 0.271 e. The van der Waals surface area contributed by atoms with E-state index in [9.17, 15) is 9.59 Å². The van der Waals surface area contributed by atoms with Crippen molar-refractivity contribution in [2.75, 3.05) is 0 Å². The molecule has 0 unspecified atom stereocenters. The lowest BCUT2D eigenvalue weighted by molar-refractivity contribution is 0.0846. The highest BCUT2D eigenvalue weighted by atomic mass is 35.5. The van der Waals surface area contributed by atoms with E-state index in [0.717, 1.165) is 5.56 Å². The molecule has 1 aromatic heterocycles. The number of hydrazine groups is 1. The van der Waals surface area contributed by atoms with Crippen LogP contribution in [0.25, 0.3) is 0 Å². The molecule has 2 N–H and O–H groups in total. The zero-order valence-corrected chi connectivity index (χ0v) is 11.4. The molecule has 0 aliphatic rings. The summed E-state index contributed by atoms with van der Waals surface area (Å²) >= 11 is 5.62. The van der Waals surface area contributed by atoms with Gasteiger partial charge in [0.15, 0.2) is 0 Å². The first-order valence-electron chi connectivity index (χ1n) is 5.85. The fourth-order valence-corrected chi connectivity index (χ4v) is 1.58. The van der Waals surface area contributed by atoms with Crippen LogP contribution in [0.1, 0.15) is 26.3 Å². The van der Waals surface area contributed by atoms with Crippen molar-refractivity contribution in [3.8, 4) is 0 Å². The molecule has 0 atom stereocenters. The predicted molar refractivity (Wildman–Crippen MR) is 75.4 cm³/mol. The minimum absolute atomic E-state index is 0.297. The van der Waals surface area contributed by atoms with Gasteiger partial charge in [-0.1, -0.05) is 29.3 Å². The van der Waals surface area contributed by atoms with Crippen LogP contribution in [-0.4, -0.2) is 16.8 Å². The molecule has 0 aliphatic heterocycles. The van der Waals surface area contributed by atoms with Gasteiger partial charge in [-0.2, -0.15) is 0 Å². The SMILES string of the molecule is Cc1ccc(C(=O)NNC(=O)c2ccc(Cl)nc2)cc1. The number of hydrogen-bond acceptors (Lipinski definition) is 3. The summed E-state index contributed by atoms with van der Waals surface area (Å²) in [6.45, 7) is 1.93. The molecule has 2 rings (SSSR count). The van der Waals surface area contributed by atoms with E-state index < -0.39 is 5.91 Å². The maximum atomic E-state index is 11.8. The first-order valence-corrected chi connectivity index (χ1v) is 6.23. The molecule has 0 spiro atoms. The summed E-state index contributed by atoms with van der Waals surface area (Å²) < 4.78 is 0. The zero-order chi connectivity index (χ0) is 14.5. The van der Waals surface area contributed by atoms with E-state index in [2.05, 4.69) is 15.8 Å². The van der Waals surface area contributed by atoms with Gasteiger partial charge in [-0.3, -0.25) is 20.4 Å². The van der Waals surface area contributed by atoms with Crippen LogP contribution in [0.15, 0.2) is 42.6 Å². The number of amides is 2. The second-order valence-electron chi connectivity index (χ2n) is 4.14. The quantitative estimate of drug-likeness (QED) is 0.657. The third-order valence-electron chi connectivity index (χ3n) is 2.59. The van der Waals surface area contributed by atoms with Crippen LogP contribution < -0.4 is 10.9 Å². The van der Waals surface area contributed by atoms with E-state index in [1.165, 1.54) is 18.3 Å². The van der Waals surface area contributed by atoms with Crippen molar-refractivity contribution in [2.45, 2.75) is 6.92 Å². The maximum Gasteiger partial charge on any atom is 0.271 e. The van der Waals surface area contributed by atoms with E-state index in [1.807, 2.05) is 19.1 Å². The van der Waals surface area contributed by atoms with Crippen LogP contribution in [0, 0.1) is 6.92 Å². The highest BCUT2D eigenvalue weighted by molar-refractivity contribution is 6.29. The van der Waals surface area contributed by atoms with Crippen molar-refractivity contribution in [2.24, 2.45) is 0 Å². The van der Waals surface area contributed by atoms with Gasteiger partial charge in [-0.15, -0.1) is 0 Å². The Morgan fingerprint density at radius 2 is 1.50 bits per heavy atom. The molecule has 20 heavy (non-hydrogen) atoms. The molecule has 1 aromatic carbocycles. The third kappa shape index (κ3) is 3.55. The zero-order valence-electron chi connectivity index (χ0n) is 10.7. The average molecular weight is 290 g/mol. The number of halogens is 1. The fourth-order valence-electron chi connectivity index (χ4n) is 1.47. The number of pyridine rings is 1. The first kappa shape index (κ1) is 14.0. The van der Waals surface area contributed by atoms with E-state index in [0.29, 0.717) is 16.3 Å². The predicted octanol–water partition coefficient (Wildman–Crippen LogP) is 2.12. The first-order chi connectivity index (χ1) is 9.56. The van der Waals surface area contributed by atoms with E-state index in [1.54, 1.807) is 12.1 Å². The number of aromatic nitrogens is 1. The monoisotopic (exact) mass is 289 g/mol. The Morgan fingerprint density at radius 3 is 2.05 bits per heavy atom. The molecule has 5 nitrogen and oxygen atoms in total. The Bertz CT molecular complexity index is 566. The Morgan fingerprint density at radius 1 is 0.950 bits per heavy atom. The molecular formula is C14H12ClN3O2.